The summed E-state index contributed by atoms with van der Waals surface area (Å²) < 4.78 is 5.03. The standard InChI is InChI=1S/C15H12N2O4/c1-2-13(19)21-15-16-14(20)17(15)11-7-3-6-10-9(11)5-4-8-12(10)18/h2-8,15,18H,1H2,(H,16,20). The number of rotatable bonds is 3. The lowest BCUT2D eigenvalue weighted by atomic mass is 10.1. The van der Waals surface area contributed by atoms with Gasteiger partial charge in [-0.1, -0.05) is 30.8 Å². The number of nitrogens with one attached hydrogen (secondary N) is 1. The summed E-state index contributed by atoms with van der Waals surface area (Å²) in [6.07, 6.45) is 0.147. The van der Waals surface area contributed by atoms with Crippen LogP contribution in [0.15, 0.2) is 49.1 Å². The number of nitrogens with zero attached hydrogens (tertiary/aromatic N) is 1. The van der Waals surface area contributed by atoms with Gasteiger partial charge in [0.15, 0.2) is 0 Å². The van der Waals surface area contributed by atoms with E-state index >= 15 is 0 Å². The molecule has 2 amide bonds. The normalized spacial score (nSPS) is 17.0. The van der Waals surface area contributed by atoms with Crippen LogP contribution >= 0.6 is 0 Å². The van der Waals surface area contributed by atoms with Crippen molar-refractivity contribution in [2.75, 3.05) is 4.90 Å². The fourth-order valence-electron chi connectivity index (χ4n) is 2.24. The smallest absolute Gasteiger partial charge is 0.333 e. The average molecular weight is 284 g/mol. The van der Waals surface area contributed by atoms with Gasteiger partial charge in [0.1, 0.15) is 5.75 Å². The molecule has 1 unspecified atom stereocenters. The number of hydrogen-bond acceptors (Lipinski definition) is 4. The molecule has 106 valence electrons. The van der Waals surface area contributed by atoms with E-state index in [0.29, 0.717) is 16.5 Å². The summed E-state index contributed by atoms with van der Waals surface area (Å²) in [5.74, 6) is -0.511. The van der Waals surface area contributed by atoms with Crippen molar-refractivity contribution in [3.8, 4) is 5.75 Å². The van der Waals surface area contributed by atoms with Gasteiger partial charge >= 0.3 is 12.0 Å². The Kier molecular flexibility index (Phi) is 2.98. The first-order valence-electron chi connectivity index (χ1n) is 6.25. The zero-order chi connectivity index (χ0) is 15.0. The molecule has 6 heteroatoms. The number of hydrogen-bond donors (Lipinski definition) is 2. The van der Waals surface area contributed by atoms with Gasteiger partial charge in [0, 0.05) is 16.8 Å². The van der Waals surface area contributed by atoms with E-state index in [2.05, 4.69) is 11.9 Å². The van der Waals surface area contributed by atoms with Gasteiger partial charge in [0.25, 0.3) is 6.35 Å². The SMILES string of the molecule is C=CC(=O)OC1NC(=O)N1c1cccc2c(O)cccc12. The molecule has 1 heterocycles. The Morgan fingerprint density at radius 3 is 2.71 bits per heavy atom. The maximum Gasteiger partial charge on any atom is 0.333 e. The molecule has 1 aliphatic rings. The molecule has 1 fully saturated rings. The van der Waals surface area contributed by atoms with Crippen LogP contribution < -0.4 is 10.2 Å². The molecule has 1 atom stereocenters. The maximum atomic E-state index is 11.8. The van der Waals surface area contributed by atoms with E-state index in [1.54, 1.807) is 36.4 Å². The second-order valence-electron chi connectivity index (χ2n) is 4.46. The van der Waals surface area contributed by atoms with Gasteiger partial charge in [0.05, 0.1) is 5.69 Å². The molecule has 2 aromatic carbocycles. The minimum atomic E-state index is -0.879. The Morgan fingerprint density at radius 2 is 2.00 bits per heavy atom. The van der Waals surface area contributed by atoms with Crippen molar-refractivity contribution < 1.29 is 19.4 Å². The van der Waals surface area contributed by atoms with Crippen LogP contribution in [0.5, 0.6) is 5.75 Å². The molecular formula is C15H12N2O4. The molecular weight excluding hydrogens is 272 g/mol. The third-order valence-corrected chi connectivity index (χ3v) is 3.23. The van der Waals surface area contributed by atoms with Crippen molar-refractivity contribution in [3.63, 3.8) is 0 Å². The second-order valence-corrected chi connectivity index (χ2v) is 4.46. The van der Waals surface area contributed by atoms with Crippen LogP contribution in [0.4, 0.5) is 10.5 Å². The first kappa shape index (κ1) is 13.0. The zero-order valence-corrected chi connectivity index (χ0v) is 10.9. The summed E-state index contributed by atoms with van der Waals surface area (Å²) in [7, 11) is 0. The predicted octanol–water partition coefficient (Wildman–Crippen LogP) is 2.09. The maximum absolute atomic E-state index is 11.8. The van der Waals surface area contributed by atoms with Crippen LogP contribution in [-0.2, 0) is 9.53 Å². The lowest BCUT2D eigenvalue weighted by Gasteiger charge is -2.40. The molecule has 2 aromatic rings. The molecule has 6 nitrogen and oxygen atoms in total. The van der Waals surface area contributed by atoms with Crippen molar-refractivity contribution in [3.05, 3.63) is 49.1 Å². The third-order valence-electron chi connectivity index (χ3n) is 3.23. The van der Waals surface area contributed by atoms with Gasteiger partial charge in [0.2, 0.25) is 0 Å². The fourth-order valence-corrected chi connectivity index (χ4v) is 2.24. The molecule has 0 bridgehead atoms. The van der Waals surface area contributed by atoms with Gasteiger partial charge < -0.3 is 9.84 Å². The first-order chi connectivity index (χ1) is 10.1. The number of urea groups is 1. The minimum absolute atomic E-state index is 0.120. The van der Waals surface area contributed by atoms with Crippen LogP contribution in [0.25, 0.3) is 10.8 Å². The minimum Gasteiger partial charge on any atom is -0.507 e. The molecule has 2 N–H and O–H groups in total. The lowest BCUT2D eigenvalue weighted by molar-refractivity contribution is -0.145. The van der Waals surface area contributed by atoms with E-state index in [4.69, 9.17) is 4.74 Å². The summed E-state index contributed by atoms with van der Waals surface area (Å²) in [6.45, 7) is 3.31. The number of anilines is 1. The highest BCUT2D eigenvalue weighted by Gasteiger charge is 2.40. The lowest BCUT2D eigenvalue weighted by Crippen LogP contribution is -2.67. The summed E-state index contributed by atoms with van der Waals surface area (Å²) in [5.41, 5.74) is 0.550. The van der Waals surface area contributed by atoms with E-state index in [-0.39, 0.29) is 11.8 Å². The van der Waals surface area contributed by atoms with Crippen LogP contribution in [0.2, 0.25) is 0 Å². The summed E-state index contributed by atoms with van der Waals surface area (Å²) in [5, 5.41) is 13.6. The number of phenolic OH excluding ortho intramolecular Hbond substituents is 1. The van der Waals surface area contributed by atoms with Gasteiger partial charge in [-0.15, -0.1) is 0 Å². The summed E-state index contributed by atoms with van der Waals surface area (Å²) in [6, 6.07) is 9.83. The number of amides is 2. The van der Waals surface area contributed by atoms with E-state index in [0.717, 1.165) is 6.08 Å². The number of benzene rings is 2. The average Bonchev–Trinajstić information content (AvgIpc) is 2.47. The van der Waals surface area contributed by atoms with E-state index in [1.807, 2.05) is 0 Å². The van der Waals surface area contributed by atoms with Crippen LogP contribution in [-0.4, -0.2) is 23.5 Å². The summed E-state index contributed by atoms with van der Waals surface area (Å²) >= 11 is 0. The van der Waals surface area contributed by atoms with Gasteiger partial charge in [-0.2, -0.15) is 0 Å². The molecule has 0 aliphatic carbocycles. The fraction of sp³-hybridized carbons (Fsp3) is 0.0667. The molecule has 0 radical (unpaired) electrons. The van der Waals surface area contributed by atoms with Gasteiger partial charge in [-0.05, 0) is 12.1 Å². The highest BCUT2D eigenvalue weighted by molar-refractivity contribution is 6.08. The van der Waals surface area contributed by atoms with E-state index in [9.17, 15) is 14.7 Å². The molecule has 1 saturated heterocycles. The number of carbonyl (C=O) groups is 2. The van der Waals surface area contributed by atoms with Crippen molar-refractivity contribution in [2.45, 2.75) is 6.35 Å². The number of carbonyl (C=O) groups excluding carboxylic acids is 2. The monoisotopic (exact) mass is 284 g/mol. The number of phenols is 1. The number of aromatic hydroxyl groups is 1. The predicted molar refractivity (Wildman–Crippen MR) is 76.7 cm³/mol. The van der Waals surface area contributed by atoms with Crippen molar-refractivity contribution in [1.29, 1.82) is 0 Å². The van der Waals surface area contributed by atoms with Crippen LogP contribution in [0, 0.1) is 0 Å². The number of esters is 1. The molecule has 3 rings (SSSR count). The first-order valence-corrected chi connectivity index (χ1v) is 6.25. The quantitative estimate of drug-likeness (QED) is 0.668. The highest BCUT2D eigenvalue weighted by Crippen LogP contribution is 2.34. The Hall–Kier alpha value is -3.02. The van der Waals surface area contributed by atoms with E-state index in [1.165, 1.54) is 4.90 Å². The second kappa shape index (κ2) is 4.82. The third kappa shape index (κ3) is 2.06. The Morgan fingerprint density at radius 1 is 1.29 bits per heavy atom. The topological polar surface area (TPSA) is 78.9 Å². The van der Waals surface area contributed by atoms with Gasteiger partial charge in [-0.3, -0.25) is 5.32 Å². The van der Waals surface area contributed by atoms with Crippen LogP contribution in [0.3, 0.4) is 0 Å². The largest absolute Gasteiger partial charge is 0.507 e. The number of ether oxygens (including phenoxy) is 1. The molecule has 21 heavy (non-hydrogen) atoms. The Balaban J connectivity index is 2.03. The molecule has 0 saturated carbocycles. The highest BCUT2D eigenvalue weighted by atomic mass is 16.6. The Bertz CT molecular complexity index is 756. The number of fused-ring (bicyclic) bond motifs is 1. The van der Waals surface area contributed by atoms with Crippen molar-refractivity contribution in [1.82, 2.24) is 5.32 Å². The Labute approximate surface area is 120 Å². The zero-order valence-electron chi connectivity index (χ0n) is 10.9. The van der Waals surface area contributed by atoms with Crippen molar-refractivity contribution in [2.24, 2.45) is 0 Å². The van der Waals surface area contributed by atoms with E-state index < -0.39 is 12.3 Å². The van der Waals surface area contributed by atoms with Crippen LogP contribution in [0.1, 0.15) is 0 Å². The molecule has 0 aromatic heterocycles. The van der Waals surface area contributed by atoms with Gasteiger partial charge in [-0.25, -0.2) is 14.5 Å². The molecule has 1 aliphatic heterocycles. The van der Waals surface area contributed by atoms with Crippen molar-refractivity contribution >= 4 is 28.5 Å². The molecule has 0 spiro atoms. The summed E-state index contributed by atoms with van der Waals surface area (Å²) in [4.78, 5) is 24.3.